The van der Waals surface area contributed by atoms with Crippen molar-refractivity contribution in [2.75, 3.05) is 0 Å². The number of nitrogens with two attached hydrogens (primary N) is 1. The molecular formula is C17H19N. The monoisotopic (exact) mass is 237 g/mol. The zero-order valence-electron chi connectivity index (χ0n) is 11.0. The summed E-state index contributed by atoms with van der Waals surface area (Å²) < 4.78 is 0. The van der Waals surface area contributed by atoms with Gasteiger partial charge in [-0.1, -0.05) is 61.0 Å². The Hall–Kier alpha value is -2.02. The number of allylic oxidation sites excluding steroid dienone is 1. The molecule has 0 saturated heterocycles. The summed E-state index contributed by atoms with van der Waals surface area (Å²) in [6.45, 7) is 4.20. The molecule has 0 atom stereocenters. The van der Waals surface area contributed by atoms with Gasteiger partial charge in [-0.25, -0.2) is 0 Å². The lowest BCUT2D eigenvalue weighted by molar-refractivity contribution is 1.22. The van der Waals surface area contributed by atoms with Gasteiger partial charge in [0.05, 0.1) is 0 Å². The Morgan fingerprint density at radius 2 is 1.72 bits per heavy atom. The van der Waals surface area contributed by atoms with Gasteiger partial charge in [-0.15, -0.1) is 0 Å². The summed E-state index contributed by atoms with van der Waals surface area (Å²) in [5.74, 6) is 0. The van der Waals surface area contributed by atoms with Crippen LogP contribution in [0.5, 0.6) is 0 Å². The Balaban J connectivity index is 2.41. The van der Waals surface area contributed by atoms with Gasteiger partial charge in [0, 0.05) is 5.70 Å². The smallest absolute Gasteiger partial charge is 0.0347 e. The molecule has 1 heteroatoms. The van der Waals surface area contributed by atoms with Gasteiger partial charge < -0.3 is 5.73 Å². The minimum atomic E-state index is 0.854. The molecule has 2 aromatic carbocycles. The van der Waals surface area contributed by atoms with Crippen LogP contribution in [0, 0.1) is 6.92 Å². The molecule has 0 heterocycles. The Kier molecular flexibility index (Phi) is 3.83. The molecule has 0 aromatic heterocycles. The fourth-order valence-corrected chi connectivity index (χ4v) is 2.04. The molecule has 0 bridgehead atoms. The van der Waals surface area contributed by atoms with Crippen molar-refractivity contribution in [2.24, 2.45) is 5.73 Å². The number of benzene rings is 2. The fraction of sp³-hybridized carbons (Fsp3) is 0.176. The van der Waals surface area contributed by atoms with Crippen molar-refractivity contribution in [3.63, 3.8) is 0 Å². The SMILES string of the molecule is CC/C=C(\N)c1cccc(-c2cccc(C)c2)c1. The Morgan fingerprint density at radius 1 is 1.06 bits per heavy atom. The van der Waals surface area contributed by atoms with E-state index < -0.39 is 0 Å². The number of rotatable bonds is 3. The summed E-state index contributed by atoms with van der Waals surface area (Å²) in [6.07, 6.45) is 3.01. The zero-order valence-corrected chi connectivity index (χ0v) is 11.0. The van der Waals surface area contributed by atoms with Gasteiger partial charge in [-0.2, -0.15) is 0 Å². The molecule has 0 fully saturated rings. The third-order valence-corrected chi connectivity index (χ3v) is 2.97. The van der Waals surface area contributed by atoms with E-state index in [1.165, 1.54) is 16.7 Å². The molecule has 0 radical (unpaired) electrons. The van der Waals surface area contributed by atoms with Crippen LogP contribution in [0.1, 0.15) is 24.5 Å². The van der Waals surface area contributed by atoms with E-state index >= 15 is 0 Å². The maximum absolute atomic E-state index is 6.04. The van der Waals surface area contributed by atoms with Gasteiger partial charge >= 0.3 is 0 Å². The first-order valence-electron chi connectivity index (χ1n) is 6.34. The van der Waals surface area contributed by atoms with Crippen LogP contribution in [-0.2, 0) is 0 Å². The van der Waals surface area contributed by atoms with E-state index in [1.54, 1.807) is 0 Å². The Labute approximate surface area is 109 Å². The highest BCUT2D eigenvalue weighted by Crippen LogP contribution is 2.23. The summed E-state index contributed by atoms with van der Waals surface area (Å²) in [6, 6.07) is 16.9. The standard InChI is InChI=1S/C17H19N/c1-3-6-17(18)16-10-5-9-15(12-16)14-8-4-7-13(2)11-14/h4-12H,3,18H2,1-2H3/b17-6-. The van der Waals surface area contributed by atoms with Crippen molar-refractivity contribution < 1.29 is 0 Å². The van der Waals surface area contributed by atoms with Gasteiger partial charge in [0.25, 0.3) is 0 Å². The molecule has 0 unspecified atom stereocenters. The summed E-state index contributed by atoms with van der Waals surface area (Å²) >= 11 is 0. The molecule has 2 N–H and O–H groups in total. The Morgan fingerprint density at radius 3 is 2.39 bits per heavy atom. The normalized spacial score (nSPS) is 11.6. The van der Waals surface area contributed by atoms with Crippen LogP contribution >= 0.6 is 0 Å². The average molecular weight is 237 g/mol. The Bertz CT molecular complexity index is 567. The van der Waals surface area contributed by atoms with E-state index in [0.717, 1.165) is 17.7 Å². The molecule has 92 valence electrons. The van der Waals surface area contributed by atoms with E-state index in [9.17, 15) is 0 Å². The third-order valence-electron chi connectivity index (χ3n) is 2.97. The molecule has 2 aromatic rings. The summed E-state index contributed by atoms with van der Waals surface area (Å²) in [4.78, 5) is 0. The lowest BCUT2D eigenvalue weighted by Gasteiger charge is -2.07. The molecule has 2 rings (SSSR count). The average Bonchev–Trinajstić information content (AvgIpc) is 2.39. The van der Waals surface area contributed by atoms with Crippen molar-refractivity contribution in [2.45, 2.75) is 20.3 Å². The molecule has 0 spiro atoms. The van der Waals surface area contributed by atoms with E-state index in [2.05, 4.69) is 68.5 Å². The second-order valence-electron chi connectivity index (χ2n) is 4.52. The highest BCUT2D eigenvalue weighted by molar-refractivity contribution is 5.71. The summed E-state index contributed by atoms with van der Waals surface area (Å²) in [5, 5.41) is 0. The summed E-state index contributed by atoms with van der Waals surface area (Å²) in [7, 11) is 0. The quantitative estimate of drug-likeness (QED) is 0.842. The lowest BCUT2D eigenvalue weighted by atomic mass is 10.0. The molecule has 0 aliphatic heterocycles. The van der Waals surface area contributed by atoms with Gasteiger partial charge in [0.15, 0.2) is 0 Å². The maximum atomic E-state index is 6.04. The first kappa shape index (κ1) is 12.4. The third kappa shape index (κ3) is 2.80. The van der Waals surface area contributed by atoms with Crippen LogP contribution in [0.2, 0.25) is 0 Å². The van der Waals surface area contributed by atoms with E-state index in [0.29, 0.717) is 0 Å². The van der Waals surface area contributed by atoms with E-state index in [1.807, 2.05) is 0 Å². The first-order valence-corrected chi connectivity index (χ1v) is 6.34. The summed E-state index contributed by atoms with van der Waals surface area (Å²) in [5.41, 5.74) is 11.7. The van der Waals surface area contributed by atoms with Crippen LogP contribution < -0.4 is 5.73 Å². The topological polar surface area (TPSA) is 26.0 Å². The molecular weight excluding hydrogens is 218 g/mol. The van der Waals surface area contributed by atoms with Crippen molar-refractivity contribution in [3.05, 3.63) is 65.7 Å². The highest BCUT2D eigenvalue weighted by atomic mass is 14.6. The van der Waals surface area contributed by atoms with Crippen molar-refractivity contribution in [1.29, 1.82) is 0 Å². The number of hydrogen-bond acceptors (Lipinski definition) is 1. The van der Waals surface area contributed by atoms with Gasteiger partial charge in [0.1, 0.15) is 0 Å². The first-order chi connectivity index (χ1) is 8.70. The minimum Gasteiger partial charge on any atom is -0.399 e. The second kappa shape index (κ2) is 5.54. The predicted octanol–water partition coefficient (Wildman–Crippen LogP) is 4.37. The van der Waals surface area contributed by atoms with Crippen molar-refractivity contribution in [3.8, 4) is 11.1 Å². The van der Waals surface area contributed by atoms with Gasteiger partial charge in [0.2, 0.25) is 0 Å². The number of hydrogen-bond donors (Lipinski definition) is 1. The van der Waals surface area contributed by atoms with Crippen LogP contribution in [0.25, 0.3) is 16.8 Å². The van der Waals surface area contributed by atoms with Crippen molar-refractivity contribution in [1.82, 2.24) is 0 Å². The van der Waals surface area contributed by atoms with Crippen LogP contribution in [0.3, 0.4) is 0 Å². The molecule has 18 heavy (non-hydrogen) atoms. The van der Waals surface area contributed by atoms with E-state index in [4.69, 9.17) is 5.73 Å². The maximum Gasteiger partial charge on any atom is 0.0347 e. The predicted molar refractivity (Wildman–Crippen MR) is 79.1 cm³/mol. The zero-order chi connectivity index (χ0) is 13.0. The van der Waals surface area contributed by atoms with E-state index in [-0.39, 0.29) is 0 Å². The van der Waals surface area contributed by atoms with Gasteiger partial charge in [-0.3, -0.25) is 0 Å². The molecule has 0 aliphatic carbocycles. The lowest BCUT2D eigenvalue weighted by Crippen LogP contribution is -1.96. The largest absolute Gasteiger partial charge is 0.399 e. The molecule has 0 saturated carbocycles. The minimum absolute atomic E-state index is 0.854. The van der Waals surface area contributed by atoms with Crippen LogP contribution in [0.15, 0.2) is 54.6 Å². The molecule has 1 nitrogen and oxygen atoms in total. The number of aryl methyl sites for hydroxylation is 1. The molecule has 0 amide bonds. The highest BCUT2D eigenvalue weighted by Gasteiger charge is 2.01. The van der Waals surface area contributed by atoms with Crippen LogP contribution in [0.4, 0.5) is 0 Å². The van der Waals surface area contributed by atoms with Crippen molar-refractivity contribution >= 4 is 5.70 Å². The van der Waals surface area contributed by atoms with Crippen LogP contribution in [-0.4, -0.2) is 0 Å². The van der Waals surface area contributed by atoms with Gasteiger partial charge in [-0.05, 0) is 36.1 Å². The molecule has 0 aliphatic rings. The fourth-order valence-electron chi connectivity index (χ4n) is 2.04. The second-order valence-corrected chi connectivity index (χ2v) is 4.52.